The fourth-order valence-corrected chi connectivity index (χ4v) is 4.72. The molecule has 0 radical (unpaired) electrons. The fourth-order valence-electron chi connectivity index (χ4n) is 4.59. The van der Waals surface area contributed by atoms with E-state index >= 15 is 0 Å². The van der Waals surface area contributed by atoms with Gasteiger partial charge in [-0.05, 0) is 24.6 Å². The van der Waals surface area contributed by atoms with Gasteiger partial charge in [0.15, 0.2) is 12.2 Å². The maximum absolute atomic E-state index is 12.3. The average Bonchev–Trinajstić information content (AvgIpc) is 3.34. The quantitative estimate of drug-likeness (QED) is 0.750. The Bertz CT molecular complexity index is 975. The Morgan fingerprint density at radius 3 is 2.77 bits per heavy atom. The number of allylic oxidation sites excluding steroid dienone is 2. The first-order chi connectivity index (χ1) is 14.4. The van der Waals surface area contributed by atoms with Gasteiger partial charge in [-0.15, -0.1) is 0 Å². The van der Waals surface area contributed by atoms with E-state index < -0.39 is 24.0 Å². The van der Waals surface area contributed by atoms with Crippen LogP contribution in [0.2, 0.25) is 5.02 Å². The number of carbonyl (C=O) groups is 1. The zero-order valence-corrected chi connectivity index (χ0v) is 17.3. The molecule has 8 nitrogen and oxygen atoms in total. The predicted octanol–water partition coefficient (Wildman–Crippen LogP) is 1.61. The van der Waals surface area contributed by atoms with Gasteiger partial charge in [0.1, 0.15) is 30.0 Å². The first-order valence-corrected chi connectivity index (χ1v) is 10.1. The topological polar surface area (TPSA) is 104 Å². The number of guanidine groups is 1. The molecule has 2 saturated heterocycles. The molecule has 1 aromatic rings. The molecule has 0 spiro atoms. The van der Waals surface area contributed by atoms with E-state index in [2.05, 4.69) is 10.3 Å². The van der Waals surface area contributed by atoms with Gasteiger partial charge in [0.2, 0.25) is 0 Å². The summed E-state index contributed by atoms with van der Waals surface area (Å²) in [6.07, 6.45) is 1.85. The number of ether oxygens (including phenoxy) is 4. The summed E-state index contributed by atoms with van der Waals surface area (Å²) < 4.78 is 24.4. The molecule has 3 N–H and O–H groups in total. The third-order valence-corrected chi connectivity index (χ3v) is 6.23. The molecule has 3 heterocycles. The van der Waals surface area contributed by atoms with Crippen molar-refractivity contribution in [2.45, 2.75) is 43.2 Å². The number of methoxy groups -OCH3 is 1. The number of halogens is 1. The van der Waals surface area contributed by atoms with Gasteiger partial charge in [-0.25, -0.2) is 4.99 Å². The molecule has 9 heteroatoms. The Hall–Kier alpha value is -2.23. The number of amides is 1. The number of hydrogen-bond donors (Lipinski definition) is 2. The van der Waals surface area contributed by atoms with Gasteiger partial charge in [0.05, 0.1) is 6.61 Å². The lowest BCUT2D eigenvalue weighted by Crippen LogP contribution is -2.49. The molecule has 2 fully saturated rings. The van der Waals surface area contributed by atoms with Crippen LogP contribution in [0.3, 0.4) is 0 Å². The minimum Gasteiger partial charge on any atom is -0.382 e. The summed E-state index contributed by atoms with van der Waals surface area (Å²) in [7, 11) is 1.62. The molecule has 1 aromatic carbocycles. The molecular formula is C21H22ClN3O5. The van der Waals surface area contributed by atoms with Crippen LogP contribution in [0.1, 0.15) is 18.8 Å². The van der Waals surface area contributed by atoms with E-state index in [1.165, 1.54) is 0 Å². The fraction of sp³-hybridized carbons (Fsp3) is 0.429. The first kappa shape index (κ1) is 19.7. The number of rotatable bonds is 4. The van der Waals surface area contributed by atoms with Gasteiger partial charge >= 0.3 is 0 Å². The average molecular weight is 432 g/mol. The number of fused-ring (bicyclic) bond motifs is 2. The number of benzene rings is 1. The number of aliphatic imine (C=N–C) groups is 1. The molecular weight excluding hydrogens is 410 g/mol. The van der Waals surface area contributed by atoms with Crippen molar-refractivity contribution in [3.63, 3.8) is 0 Å². The van der Waals surface area contributed by atoms with Crippen LogP contribution in [0.4, 0.5) is 0 Å². The molecule has 5 rings (SSSR count). The maximum Gasteiger partial charge on any atom is 0.256 e. The lowest BCUT2D eigenvalue weighted by molar-refractivity contribution is -0.150. The Morgan fingerprint density at radius 2 is 2.03 bits per heavy atom. The van der Waals surface area contributed by atoms with E-state index in [0.717, 1.165) is 11.1 Å². The summed E-state index contributed by atoms with van der Waals surface area (Å²) in [5.74, 6) is -0.166. The largest absolute Gasteiger partial charge is 0.382 e. The lowest BCUT2D eigenvalue weighted by Gasteiger charge is -2.32. The van der Waals surface area contributed by atoms with E-state index in [1.54, 1.807) is 25.3 Å². The maximum atomic E-state index is 12.3. The van der Waals surface area contributed by atoms with Gasteiger partial charge in [0, 0.05) is 23.3 Å². The summed E-state index contributed by atoms with van der Waals surface area (Å²) in [6, 6.07) is 6.86. The molecule has 0 aromatic heterocycles. The molecule has 2 unspecified atom stereocenters. The van der Waals surface area contributed by atoms with E-state index in [0.29, 0.717) is 17.2 Å². The highest BCUT2D eigenvalue weighted by molar-refractivity contribution is 6.30. The lowest BCUT2D eigenvalue weighted by atomic mass is 9.85. The van der Waals surface area contributed by atoms with Gasteiger partial charge in [-0.3, -0.25) is 10.1 Å². The minimum atomic E-state index is -0.805. The van der Waals surface area contributed by atoms with Gasteiger partial charge in [0.25, 0.3) is 5.91 Å². The Morgan fingerprint density at radius 1 is 1.27 bits per heavy atom. The summed E-state index contributed by atoms with van der Waals surface area (Å²) in [6.45, 7) is 2.31. The van der Waals surface area contributed by atoms with Crippen LogP contribution in [0.25, 0.3) is 0 Å². The molecule has 0 bridgehead atoms. The first-order valence-electron chi connectivity index (χ1n) is 9.70. The van der Waals surface area contributed by atoms with Crippen LogP contribution in [0.15, 0.2) is 52.6 Å². The van der Waals surface area contributed by atoms with Gasteiger partial charge in [-0.1, -0.05) is 35.9 Å². The van der Waals surface area contributed by atoms with E-state index in [4.69, 9.17) is 36.3 Å². The summed E-state index contributed by atoms with van der Waals surface area (Å²) in [4.78, 5) is 16.7. The molecule has 3 aliphatic heterocycles. The van der Waals surface area contributed by atoms with Crippen LogP contribution in [0.5, 0.6) is 0 Å². The smallest absolute Gasteiger partial charge is 0.256 e. The highest BCUT2D eigenvalue weighted by Gasteiger charge is 2.63. The number of nitrogens with two attached hydrogens (primary N) is 1. The Labute approximate surface area is 178 Å². The SMILES string of the molecule is COC[C@H]1O[C@@H](C2=CC=C3C(=O)NC(N)=NC32)[C@]2(C)OC(c3ccc(Cl)cc3)O[C@H]12. The molecule has 4 aliphatic rings. The normalized spacial score (nSPS) is 37.2. The monoisotopic (exact) mass is 431 g/mol. The van der Waals surface area contributed by atoms with Crippen LogP contribution in [-0.4, -0.2) is 55.5 Å². The number of nitrogens with one attached hydrogen (secondary N) is 1. The summed E-state index contributed by atoms with van der Waals surface area (Å²) in [5.41, 5.74) is 7.21. The number of nitrogens with zero attached hydrogens (tertiary/aromatic N) is 1. The molecule has 30 heavy (non-hydrogen) atoms. The highest BCUT2D eigenvalue weighted by atomic mass is 35.5. The molecule has 158 valence electrons. The van der Waals surface area contributed by atoms with E-state index in [9.17, 15) is 4.79 Å². The van der Waals surface area contributed by atoms with Crippen molar-refractivity contribution in [2.75, 3.05) is 13.7 Å². The van der Waals surface area contributed by atoms with Crippen molar-refractivity contribution < 1.29 is 23.7 Å². The van der Waals surface area contributed by atoms with Crippen LogP contribution in [-0.2, 0) is 23.7 Å². The van der Waals surface area contributed by atoms with Gasteiger partial charge < -0.3 is 24.7 Å². The molecule has 1 aliphatic carbocycles. The summed E-state index contributed by atoms with van der Waals surface area (Å²) >= 11 is 6.02. The van der Waals surface area contributed by atoms with Crippen LogP contribution >= 0.6 is 11.6 Å². The van der Waals surface area contributed by atoms with Crippen LogP contribution < -0.4 is 11.1 Å². The van der Waals surface area contributed by atoms with Gasteiger partial charge in [-0.2, -0.15) is 0 Å². The van der Waals surface area contributed by atoms with E-state index in [-0.39, 0.29) is 24.1 Å². The third kappa shape index (κ3) is 2.99. The van der Waals surface area contributed by atoms with E-state index in [1.807, 2.05) is 25.1 Å². The minimum absolute atomic E-state index is 0.0886. The predicted molar refractivity (Wildman–Crippen MR) is 109 cm³/mol. The molecule has 0 saturated carbocycles. The zero-order chi connectivity index (χ0) is 21.0. The zero-order valence-electron chi connectivity index (χ0n) is 16.5. The van der Waals surface area contributed by atoms with Crippen molar-refractivity contribution in [2.24, 2.45) is 10.7 Å². The van der Waals surface area contributed by atoms with Crippen molar-refractivity contribution in [3.05, 3.63) is 58.1 Å². The number of carbonyl (C=O) groups excluding carboxylic acids is 1. The second kappa shape index (κ2) is 7.18. The standard InChI is InChI=1S/C21H22ClN3O5/c1-21-16(12-7-8-13-15(12)24-20(23)25-18(13)26)28-14(9-27-2)17(21)29-19(30-21)10-3-5-11(22)6-4-10/h3-8,14-17,19H,9H2,1-2H3,(H3,23,24,25,26)/t14-,15?,16+,17-,19?,21+/m1/s1. The van der Waals surface area contributed by atoms with Crippen LogP contribution in [0, 0.1) is 0 Å². The van der Waals surface area contributed by atoms with Crippen molar-refractivity contribution >= 4 is 23.5 Å². The second-order valence-electron chi connectivity index (χ2n) is 7.91. The van der Waals surface area contributed by atoms with Crippen molar-refractivity contribution in [1.82, 2.24) is 5.32 Å². The second-order valence-corrected chi connectivity index (χ2v) is 8.35. The third-order valence-electron chi connectivity index (χ3n) is 5.98. The van der Waals surface area contributed by atoms with Crippen molar-refractivity contribution in [1.29, 1.82) is 0 Å². The van der Waals surface area contributed by atoms with Crippen molar-refractivity contribution in [3.8, 4) is 0 Å². The Kier molecular flexibility index (Phi) is 4.72. The molecule has 6 atom stereocenters. The number of hydrogen-bond acceptors (Lipinski definition) is 7. The molecule has 1 amide bonds. The highest BCUT2D eigenvalue weighted by Crippen LogP contribution is 2.51. The summed E-state index contributed by atoms with van der Waals surface area (Å²) in [5, 5.41) is 3.18. The Balaban J connectivity index is 1.47.